The summed E-state index contributed by atoms with van der Waals surface area (Å²) in [4.78, 5) is 37.9. The summed E-state index contributed by atoms with van der Waals surface area (Å²) < 4.78 is 13.2. The van der Waals surface area contributed by atoms with Crippen LogP contribution in [0.4, 0.5) is 10.1 Å². The molecule has 3 rings (SSSR count). The number of carboxylic acids is 1. The Labute approximate surface area is 161 Å². The van der Waals surface area contributed by atoms with E-state index in [-0.39, 0.29) is 29.2 Å². The third kappa shape index (κ3) is 4.24. The highest BCUT2D eigenvalue weighted by Crippen LogP contribution is 2.44. The lowest BCUT2D eigenvalue weighted by Crippen LogP contribution is -2.46. The minimum atomic E-state index is -0.896. The van der Waals surface area contributed by atoms with E-state index in [1.54, 1.807) is 4.90 Å². The lowest BCUT2D eigenvalue weighted by molar-refractivity contribution is -0.159. The van der Waals surface area contributed by atoms with Gasteiger partial charge in [-0.3, -0.25) is 14.4 Å². The number of halogens is 2. The van der Waals surface area contributed by atoms with Crippen molar-refractivity contribution >= 4 is 35.1 Å². The van der Waals surface area contributed by atoms with E-state index in [4.69, 9.17) is 11.6 Å². The number of anilines is 1. The van der Waals surface area contributed by atoms with E-state index in [0.717, 1.165) is 6.42 Å². The number of carbonyl (C=O) groups excluding carboxylic acids is 2. The topological polar surface area (TPSA) is 86.7 Å². The molecule has 0 unspecified atom stereocenters. The van der Waals surface area contributed by atoms with E-state index in [9.17, 15) is 23.9 Å². The van der Waals surface area contributed by atoms with Gasteiger partial charge >= 0.3 is 5.97 Å². The molecule has 8 heteroatoms. The molecule has 0 radical (unpaired) electrons. The van der Waals surface area contributed by atoms with Gasteiger partial charge in [-0.25, -0.2) is 4.39 Å². The van der Waals surface area contributed by atoms with Crippen LogP contribution in [0.15, 0.2) is 18.2 Å². The SMILES string of the molecule is O=C(Nc1ccc(F)c(Cl)c1)C1CCN(C(=O)CC2(C(=O)O)CCC2)CC1. The first-order valence-corrected chi connectivity index (χ1v) is 9.46. The van der Waals surface area contributed by atoms with Crippen LogP contribution in [0.25, 0.3) is 0 Å². The van der Waals surface area contributed by atoms with E-state index in [1.807, 2.05) is 0 Å². The summed E-state index contributed by atoms with van der Waals surface area (Å²) in [5, 5.41) is 12.0. The average Bonchev–Trinajstić information content (AvgIpc) is 2.61. The molecule has 2 fully saturated rings. The van der Waals surface area contributed by atoms with Crippen LogP contribution in [-0.2, 0) is 14.4 Å². The van der Waals surface area contributed by atoms with Gasteiger partial charge in [0, 0.05) is 31.1 Å². The second-order valence-corrected chi connectivity index (χ2v) is 7.80. The van der Waals surface area contributed by atoms with E-state index in [0.29, 0.717) is 44.5 Å². The molecule has 1 aromatic rings. The van der Waals surface area contributed by atoms with Gasteiger partial charge in [-0.15, -0.1) is 0 Å². The Kier molecular flexibility index (Phi) is 5.69. The number of aliphatic carboxylic acids is 1. The monoisotopic (exact) mass is 396 g/mol. The summed E-state index contributed by atoms with van der Waals surface area (Å²) in [5.41, 5.74) is -0.467. The largest absolute Gasteiger partial charge is 0.481 e. The molecular weight excluding hydrogens is 375 g/mol. The summed E-state index contributed by atoms with van der Waals surface area (Å²) in [6.07, 6.45) is 2.99. The molecule has 2 aliphatic rings. The van der Waals surface area contributed by atoms with Crippen molar-refractivity contribution in [3.05, 3.63) is 29.0 Å². The minimum absolute atomic E-state index is 0.0350. The summed E-state index contributed by atoms with van der Waals surface area (Å²) in [6.45, 7) is 0.855. The van der Waals surface area contributed by atoms with E-state index < -0.39 is 17.2 Å². The Morgan fingerprint density at radius 3 is 2.44 bits per heavy atom. The summed E-state index contributed by atoms with van der Waals surface area (Å²) in [6, 6.07) is 4.00. The number of amides is 2. The number of rotatable bonds is 5. The fourth-order valence-corrected chi connectivity index (χ4v) is 3.86. The van der Waals surface area contributed by atoms with Gasteiger partial charge in [0.05, 0.1) is 10.4 Å². The first kappa shape index (κ1) is 19.6. The quantitative estimate of drug-likeness (QED) is 0.799. The molecule has 0 atom stereocenters. The zero-order chi connectivity index (χ0) is 19.6. The van der Waals surface area contributed by atoms with Crippen LogP contribution in [0.2, 0.25) is 5.02 Å². The lowest BCUT2D eigenvalue weighted by Gasteiger charge is -2.39. The maximum atomic E-state index is 13.2. The van der Waals surface area contributed by atoms with Gasteiger partial charge in [0.25, 0.3) is 0 Å². The number of hydrogen-bond acceptors (Lipinski definition) is 3. The van der Waals surface area contributed by atoms with E-state index in [1.165, 1.54) is 18.2 Å². The van der Waals surface area contributed by atoms with E-state index in [2.05, 4.69) is 5.32 Å². The van der Waals surface area contributed by atoms with Crippen molar-refractivity contribution in [1.82, 2.24) is 4.90 Å². The predicted molar refractivity (Wildman–Crippen MR) is 97.9 cm³/mol. The summed E-state index contributed by atoms with van der Waals surface area (Å²) in [5.74, 6) is -2.04. The molecule has 1 heterocycles. The number of benzene rings is 1. The zero-order valence-corrected chi connectivity index (χ0v) is 15.6. The highest BCUT2D eigenvalue weighted by atomic mass is 35.5. The average molecular weight is 397 g/mol. The molecule has 0 spiro atoms. The van der Waals surface area contributed by atoms with Gasteiger partial charge < -0.3 is 15.3 Å². The normalized spacial score (nSPS) is 19.3. The van der Waals surface area contributed by atoms with Crippen LogP contribution >= 0.6 is 11.6 Å². The van der Waals surface area contributed by atoms with Crippen molar-refractivity contribution in [1.29, 1.82) is 0 Å². The van der Waals surface area contributed by atoms with Crippen molar-refractivity contribution in [2.24, 2.45) is 11.3 Å². The third-order valence-electron chi connectivity index (χ3n) is 5.66. The molecule has 0 bridgehead atoms. The van der Waals surface area contributed by atoms with Crippen molar-refractivity contribution in [2.45, 2.75) is 38.5 Å². The molecule has 2 N–H and O–H groups in total. The first-order chi connectivity index (χ1) is 12.8. The molecule has 1 aromatic carbocycles. The molecule has 1 saturated heterocycles. The lowest BCUT2D eigenvalue weighted by atomic mass is 9.66. The van der Waals surface area contributed by atoms with Crippen molar-refractivity contribution in [2.75, 3.05) is 18.4 Å². The Morgan fingerprint density at radius 1 is 1.26 bits per heavy atom. The Hall–Kier alpha value is -2.15. The fourth-order valence-electron chi connectivity index (χ4n) is 3.68. The number of piperidine rings is 1. The molecule has 2 amide bonds. The Bertz CT molecular complexity index is 758. The van der Waals surface area contributed by atoms with Crippen LogP contribution in [0.3, 0.4) is 0 Å². The van der Waals surface area contributed by atoms with Gasteiger partial charge in [0.15, 0.2) is 0 Å². The second-order valence-electron chi connectivity index (χ2n) is 7.39. The molecule has 146 valence electrons. The minimum Gasteiger partial charge on any atom is -0.481 e. The highest BCUT2D eigenvalue weighted by molar-refractivity contribution is 6.31. The maximum absolute atomic E-state index is 13.2. The number of hydrogen-bond donors (Lipinski definition) is 2. The van der Waals surface area contributed by atoms with Gasteiger partial charge in [0.2, 0.25) is 11.8 Å². The standard InChI is InChI=1S/C19H22ClFN2O4/c20-14-10-13(2-3-15(14)21)22-17(25)12-4-8-23(9-5-12)16(24)11-19(18(26)27)6-1-7-19/h2-3,10,12H,1,4-9,11H2,(H,22,25)(H,26,27). The molecule has 1 saturated carbocycles. The number of carboxylic acid groups (broad SMARTS) is 1. The van der Waals surface area contributed by atoms with Gasteiger partial charge in [-0.2, -0.15) is 0 Å². The smallest absolute Gasteiger partial charge is 0.310 e. The predicted octanol–water partition coefficient (Wildman–Crippen LogP) is 3.30. The van der Waals surface area contributed by atoms with Gasteiger partial charge in [-0.05, 0) is 43.9 Å². The van der Waals surface area contributed by atoms with Crippen molar-refractivity contribution in [3.63, 3.8) is 0 Å². The number of likely N-dealkylation sites (tertiary alicyclic amines) is 1. The third-order valence-corrected chi connectivity index (χ3v) is 5.95. The molecule has 0 aromatic heterocycles. The van der Waals surface area contributed by atoms with Crippen LogP contribution in [0, 0.1) is 17.2 Å². The van der Waals surface area contributed by atoms with Crippen molar-refractivity contribution < 1.29 is 23.9 Å². The molecule has 1 aliphatic carbocycles. The first-order valence-electron chi connectivity index (χ1n) is 9.08. The maximum Gasteiger partial charge on any atom is 0.310 e. The van der Waals surface area contributed by atoms with Crippen molar-refractivity contribution in [3.8, 4) is 0 Å². The van der Waals surface area contributed by atoms with Gasteiger partial charge in [0.1, 0.15) is 5.82 Å². The molecular formula is C19H22ClFN2O4. The molecule has 27 heavy (non-hydrogen) atoms. The zero-order valence-electron chi connectivity index (χ0n) is 14.8. The van der Waals surface area contributed by atoms with Crippen LogP contribution in [-0.4, -0.2) is 40.9 Å². The van der Waals surface area contributed by atoms with E-state index >= 15 is 0 Å². The van der Waals surface area contributed by atoms with Crippen LogP contribution in [0.5, 0.6) is 0 Å². The molecule has 1 aliphatic heterocycles. The Morgan fingerprint density at radius 2 is 1.93 bits per heavy atom. The highest BCUT2D eigenvalue weighted by Gasteiger charge is 2.46. The molecule has 6 nitrogen and oxygen atoms in total. The number of nitrogens with one attached hydrogen (secondary N) is 1. The fraction of sp³-hybridized carbons (Fsp3) is 0.526. The summed E-state index contributed by atoms with van der Waals surface area (Å²) in [7, 11) is 0. The van der Waals surface area contributed by atoms with Crippen LogP contribution in [0.1, 0.15) is 38.5 Å². The van der Waals surface area contributed by atoms with Gasteiger partial charge in [-0.1, -0.05) is 18.0 Å². The Balaban J connectivity index is 1.50. The number of nitrogens with zero attached hydrogens (tertiary/aromatic N) is 1. The van der Waals surface area contributed by atoms with Crippen LogP contribution < -0.4 is 5.32 Å². The second kappa shape index (κ2) is 7.84. The number of carbonyl (C=O) groups is 3. The summed E-state index contributed by atoms with van der Waals surface area (Å²) >= 11 is 5.72.